The molecule has 1 aliphatic rings. The highest BCUT2D eigenvalue weighted by Crippen LogP contribution is 2.21. The summed E-state index contributed by atoms with van der Waals surface area (Å²) in [6.07, 6.45) is 0. The van der Waals surface area contributed by atoms with Gasteiger partial charge in [-0.3, -0.25) is 15.4 Å². The SMILES string of the molecule is CCN=C1NN(c2ccc(Cl)cc2)CC1C. The summed E-state index contributed by atoms with van der Waals surface area (Å²) in [6, 6.07) is 7.82. The number of hydrazine groups is 1. The van der Waals surface area contributed by atoms with Crippen molar-refractivity contribution in [2.45, 2.75) is 13.8 Å². The fourth-order valence-corrected chi connectivity index (χ4v) is 1.93. The lowest BCUT2D eigenvalue weighted by atomic mass is 10.2. The van der Waals surface area contributed by atoms with Crippen LogP contribution in [0.3, 0.4) is 0 Å². The Labute approximate surface area is 101 Å². The number of halogens is 1. The van der Waals surface area contributed by atoms with Crippen LogP contribution in [0.1, 0.15) is 13.8 Å². The second kappa shape index (κ2) is 4.74. The summed E-state index contributed by atoms with van der Waals surface area (Å²) < 4.78 is 0. The fraction of sp³-hybridized carbons (Fsp3) is 0.417. The lowest BCUT2D eigenvalue weighted by Crippen LogP contribution is -2.33. The van der Waals surface area contributed by atoms with Crippen molar-refractivity contribution in [3.8, 4) is 0 Å². The van der Waals surface area contributed by atoms with E-state index < -0.39 is 0 Å². The van der Waals surface area contributed by atoms with Crippen LogP contribution in [0, 0.1) is 5.92 Å². The van der Waals surface area contributed by atoms with Crippen LogP contribution < -0.4 is 10.4 Å². The van der Waals surface area contributed by atoms with Crippen LogP contribution >= 0.6 is 11.6 Å². The summed E-state index contributed by atoms with van der Waals surface area (Å²) in [5.41, 5.74) is 4.44. The predicted octanol–water partition coefficient (Wildman–Crippen LogP) is 2.72. The highest BCUT2D eigenvalue weighted by molar-refractivity contribution is 6.30. The van der Waals surface area contributed by atoms with Gasteiger partial charge in [0.2, 0.25) is 0 Å². The van der Waals surface area contributed by atoms with Gasteiger partial charge in [-0.2, -0.15) is 0 Å². The minimum Gasteiger partial charge on any atom is -0.286 e. The van der Waals surface area contributed by atoms with Crippen molar-refractivity contribution >= 4 is 23.1 Å². The van der Waals surface area contributed by atoms with Crippen LogP contribution in [0.4, 0.5) is 5.69 Å². The Hall–Kier alpha value is -1.22. The number of nitrogens with zero attached hydrogens (tertiary/aromatic N) is 2. The van der Waals surface area contributed by atoms with E-state index >= 15 is 0 Å². The van der Waals surface area contributed by atoms with Crippen molar-refractivity contribution in [3.63, 3.8) is 0 Å². The van der Waals surface area contributed by atoms with E-state index in [2.05, 4.69) is 22.4 Å². The molecular formula is C12H16ClN3. The topological polar surface area (TPSA) is 27.6 Å². The first-order valence-corrected chi connectivity index (χ1v) is 5.92. The van der Waals surface area contributed by atoms with E-state index in [1.165, 1.54) is 0 Å². The number of aliphatic imine (C=N–C) groups is 1. The Morgan fingerprint density at radius 2 is 2.12 bits per heavy atom. The monoisotopic (exact) mass is 237 g/mol. The van der Waals surface area contributed by atoms with Crippen LogP contribution in [-0.4, -0.2) is 18.9 Å². The molecule has 0 aliphatic carbocycles. The van der Waals surface area contributed by atoms with E-state index in [1.807, 2.05) is 31.2 Å². The van der Waals surface area contributed by atoms with Crippen molar-refractivity contribution in [1.29, 1.82) is 0 Å². The number of amidine groups is 1. The van der Waals surface area contributed by atoms with Crippen molar-refractivity contribution in [2.75, 3.05) is 18.1 Å². The normalized spacial score (nSPS) is 22.6. The highest BCUT2D eigenvalue weighted by atomic mass is 35.5. The lowest BCUT2D eigenvalue weighted by molar-refractivity contribution is 0.773. The Morgan fingerprint density at radius 1 is 1.44 bits per heavy atom. The molecule has 1 aliphatic heterocycles. The van der Waals surface area contributed by atoms with Gasteiger partial charge in [0.05, 0.1) is 5.69 Å². The number of rotatable bonds is 2. The molecule has 2 rings (SSSR count). The van der Waals surface area contributed by atoms with Crippen LogP contribution in [0.15, 0.2) is 29.3 Å². The van der Waals surface area contributed by atoms with Gasteiger partial charge < -0.3 is 0 Å². The summed E-state index contributed by atoms with van der Waals surface area (Å²) in [5.74, 6) is 1.52. The van der Waals surface area contributed by atoms with E-state index in [0.717, 1.165) is 29.6 Å². The first kappa shape index (κ1) is 11.3. The van der Waals surface area contributed by atoms with E-state index in [-0.39, 0.29) is 0 Å². The predicted molar refractivity (Wildman–Crippen MR) is 69.1 cm³/mol. The third-order valence-electron chi connectivity index (χ3n) is 2.64. The van der Waals surface area contributed by atoms with Gasteiger partial charge in [0.25, 0.3) is 0 Å². The molecule has 1 heterocycles. The standard InChI is InChI=1S/C12H16ClN3/c1-3-14-12-9(2)8-16(15-12)11-6-4-10(13)5-7-11/h4-7,9H,3,8H2,1-2H3,(H,14,15). The molecule has 1 atom stereocenters. The van der Waals surface area contributed by atoms with Crippen LogP contribution in [0.5, 0.6) is 0 Å². The lowest BCUT2D eigenvalue weighted by Gasteiger charge is -2.17. The summed E-state index contributed by atoms with van der Waals surface area (Å²) in [6.45, 7) is 5.99. The molecule has 0 bridgehead atoms. The average molecular weight is 238 g/mol. The zero-order valence-corrected chi connectivity index (χ0v) is 10.3. The Morgan fingerprint density at radius 3 is 2.75 bits per heavy atom. The second-order valence-electron chi connectivity index (χ2n) is 3.96. The van der Waals surface area contributed by atoms with Crippen molar-refractivity contribution in [3.05, 3.63) is 29.3 Å². The van der Waals surface area contributed by atoms with Gasteiger partial charge >= 0.3 is 0 Å². The maximum atomic E-state index is 5.86. The quantitative estimate of drug-likeness (QED) is 0.857. The summed E-state index contributed by atoms with van der Waals surface area (Å²) >= 11 is 5.86. The highest BCUT2D eigenvalue weighted by Gasteiger charge is 2.24. The molecule has 86 valence electrons. The first-order chi connectivity index (χ1) is 7.70. The number of benzene rings is 1. The fourth-order valence-electron chi connectivity index (χ4n) is 1.81. The summed E-state index contributed by atoms with van der Waals surface area (Å²) in [4.78, 5) is 4.44. The van der Waals surface area contributed by atoms with Gasteiger partial charge in [-0.15, -0.1) is 0 Å². The molecule has 0 amide bonds. The molecular weight excluding hydrogens is 222 g/mol. The van der Waals surface area contributed by atoms with E-state index in [4.69, 9.17) is 11.6 Å². The molecule has 1 fully saturated rings. The van der Waals surface area contributed by atoms with Crippen LogP contribution in [0.25, 0.3) is 0 Å². The maximum Gasteiger partial charge on any atom is 0.120 e. The molecule has 1 saturated heterocycles. The molecule has 0 aromatic heterocycles. The molecule has 16 heavy (non-hydrogen) atoms. The molecule has 3 nitrogen and oxygen atoms in total. The van der Waals surface area contributed by atoms with Crippen LogP contribution in [0.2, 0.25) is 5.02 Å². The van der Waals surface area contributed by atoms with Gasteiger partial charge in [-0.25, -0.2) is 0 Å². The smallest absolute Gasteiger partial charge is 0.120 e. The Kier molecular flexibility index (Phi) is 3.34. The number of hydrogen-bond acceptors (Lipinski definition) is 2. The first-order valence-electron chi connectivity index (χ1n) is 5.55. The third kappa shape index (κ3) is 2.30. The Bertz CT molecular complexity index is 386. The maximum absolute atomic E-state index is 5.86. The molecule has 1 N–H and O–H groups in total. The number of anilines is 1. The Balaban J connectivity index is 2.13. The van der Waals surface area contributed by atoms with Gasteiger partial charge in [-0.05, 0) is 31.2 Å². The average Bonchev–Trinajstić information content (AvgIpc) is 2.62. The van der Waals surface area contributed by atoms with Crippen molar-refractivity contribution in [2.24, 2.45) is 10.9 Å². The number of hydrogen-bond donors (Lipinski definition) is 1. The molecule has 4 heteroatoms. The van der Waals surface area contributed by atoms with E-state index in [1.54, 1.807) is 0 Å². The van der Waals surface area contributed by atoms with Gasteiger partial charge in [-0.1, -0.05) is 18.5 Å². The molecule has 0 radical (unpaired) electrons. The zero-order chi connectivity index (χ0) is 11.5. The molecule has 1 unspecified atom stereocenters. The second-order valence-corrected chi connectivity index (χ2v) is 4.40. The largest absolute Gasteiger partial charge is 0.286 e. The van der Waals surface area contributed by atoms with Gasteiger partial charge in [0.15, 0.2) is 0 Å². The minimum absolute atomic E-state index is 0.454. The van der Waals surface area contributed by atoms with Crippen LogP contribution in [-0.2, 0) is 0 Å². The van der Waals surface area contributed by atoms with Gasteiger partial charge in [0.1, 0.15) is 5.84 Å². The van der Waals surface area contributed by atoms with E-state index in [9.17, 15) is 0 Å². The molecule has 1 aromatic rings. The summed E-state index contributed by atoms with van der Waals surface area (Å²) in [7, 11) is 0. The third-order valence-corrected chi connectivity index (χ3v) is 2.89. The number of nitrogens with one attached hydrogen (secondary N) is 1. The molecule has 0 spiro atoms. The molecule has 0 saturated carbocycles. The van der Waals surface area contributed by atoms with Crippen molar-refractivity contribution in [1.82, 2.24) is 5.43 Å². The minimum atomic E-state index is 0.454. The zero-order valence-electron chi connectivity index (χ0n) is 9.57. The van der Waals surface area contributed by atoms with E-state index in [0.29, 0.717) is 5.92 Å². The molecule has 1 aromatic carbocycles. The summed E-state index contributed by atoms with van der Waals surface area (Å²) in [5, 5.41) is 2.87. The van der Waals surface area contributed by atoms with Gasteiger partial charge in [0, 0.05) is 24.0 Å². The van der Waals surface area contributed by atoms with Crippen molar-refractivity contribution < 1.29 is 0 Å².